The van der Waals surface area contributed by atoms with Gasteiger partial charge in [0.1, 0.15) is 5.75 Å². The number of carbonyl (C=O) groups excluding carboxylic acids is 1. The van der Waals surface area contributed by atoms with E-state index in [1.807, 2.05) is 0 Å². The molecular formula is C11H13NO3. The molecule has 4 nitrogen and oxygen atoms in total. The molecule has 1 amide bonds. The van der Waals surface area contributed by atoms with E-state index in [0.717, 1.165) is 0 Å². The van der Waals surface area contributed by atoms with Crippen molar-refractivity contribution < 1.29 is 15.0 Å². The minimum atomic E-state index is -0.431. The van der Waals surface area contributed by atoms with Gasteiger partial charge in [0.05, 0.1) is 11.7 Å². The minimum absolute atomic E-state index is 0.0103. The first kappa shape index (κ1) is 9.98. The second kappa shape index (κ2) is 3.90. The van der Waals surface area contributed by atoms with Gasteiger partial charge in [0.2, 0.25) is 0 Å². The van der Waals surface area contributed by atoms with Crippen LogP contribution in [-0.4, -0.2) is 40.2 Å². The van der Waals surface area contributed by atoms with Crippen LogP contribution in [0.15, 0.2) is 24.3 Å². The summed E-state index contributed by atoms with van der Waals surface area (Å²) in [5.74, 6) is -0.228. The highest BCUT2D eigenvalue weighted by Gasteiger charge is 2.26. The number of aliphatic hydroxyl groups is 1. The SMILES string of the molecule is O=C(c1ccccc1O)N1CC[C@H](O)C1. The molecule has 0 aromatic heterocycles. The number of β-amino-alcohol motifs (C(OH)–C–C–N with tert-alkyl or cyclic N) is 1. The number of hydrogen-bond acceptors (Lipinski definition) is 3. The van der Waals surface area contributed by atoms with Gasteiger partial charge < -0.3 is 15.1 Å². The molecule has 0 bridgehead atoms. The Kier molecular flexibility index (Phi) is 2.60. The zero-order valence-corrected chi connectivity index (χ0v) is 8.26. The Morgan fingerprint density at radius 3 is 2.73 bits per heavy atom. The molecule has 1 fully saturated rings. The molecular weight excluding hydrogens is 194 g/mol. The zero-order valence-electron chi connectivity index (χ0n) is 8.26. The van der Waals surface area contributed by atoms with Crippen molar-refractivity contribution in [3.05, 3.63) is 29.8 Å². The maximum absolute atomic E-state index is 11.9. The van der Waals surface area contributed by atoms with E-state index in [9.17, 15) is 15.0 Å². The maximum atomic E-state index is 11.9. The second-order valence-electron chi connectivity index (χ2n) is 3.71. The van der Waals surface area contributed by atoms with Crippen LogP contribution in [0.1, 0.15) is 16.8 Å². The van der Waals surface area contributed by atoms with Crippen LogP contribution in [0.25, 0.3) is 0 Å². The van der Waals surface area contributed by atoms with Crippen molar-refractivity contribution in [2.24, 2.45) is 0 Å². The fourth-order valence-electron chi connectivity index (χ4n) is 1.75. The van der Waals surface area contributed by atoms with Crippen molar-refractivity contribution in [1.29, 1.82) is 0 Å². The van der Waals surface area contributed by atoms with Crippen molar-refractivity contribution in [3.8, 4) is 5.75 Å². The van der Waals surface area contributed by atoms with Crippen molar-refractivity contribution in [3.63, 3.8) is 0 Å². The Morgan fingerprint density at radius 2 is 2.13 bits per heavy atom. The van der Waals surface area contributed by atoms with Gasteiger partial charge in [-0.25, -0.2) is 0 Å². The molecule has 1 aromatic carbocycles. The maximum Gasteiger partial charge on any atom is 0.257 e. The monoisotopic (exact) mass is 207 g/mol. The number of nitrogens with zero attached hydrogens (tertiary/aromatic N) is 1. The predicted octanol–water partition coefficient (Wildman–Crippen LogP) is 0.599. The number of phenolic OH excluding ortho intramolecular Hbond substituents is 1. The molecule has 4 heteroatoms. The topological polar surface area (TPSA) is 60.8 Å². The molecule has 0 radical (unpaired) electrons. The van der Waals surface area contributed by atoms with E-state index >= 15 is 0 Å². The number of carbonyl (C=O) groups is 1. The number of para-hydroxylation sites is 1. The number of aliphatic hydroxyl groups excluding tert-OH is 1. The van der Waals surface area contributed by atoms with E-state index < -0.39 is 6.10 Å². The van der Waals surface area contributed by atoms with Crippen molar-refractivity contribution in [1.82, 2.24) is 4.90 Å². The van der Waals surface area contributed by atoms with Crippen molar-refractivity contribution in [2.75, 3.05) is 13.1 Å². The average Bonchev–Trinajstić information content (AvgIpc) is 2.65. The Morgan fingerprint density at radius 1 is 1.40 bits per heavy atom. The summed E-state index contributed by atoms with van der Waals surface area (Å²) in [4.78, 5) is 13.4. The normalized spacial score (nSPS) is 20.6. The molecule has 2 N–H and O–H groups in total. The van der Waals surface area contributed by atoms with E-state index in [1.165, 1.54) is 6.07 Å². The van der Waals surface area contributed by atoms with E-state index in [-0.39, 0.29) is 11.7 Å². The first-order valence-corrected chi connectivity index (χ1v) is 4.94. The Labute approximate surface area is 87.8 Å². The van der Waals surface area contributed by atoms with E-state index in [1.54, 1.807) is 23.1 Å². The lowest BCUT2D eigenvalue weighted by Crippen LogP contribution is -2.29. The fourth-order valence-corrected chi connectivity index (χ4v) is 1.75. The summed E-state index contributed by atoms with van der Waals surface area (Å²) in [7, 11) is 0. The van der Waals surface area contributed by atoms with Gasteiger partial charge in [0.15, 0.2) is 0 Å². The smallest absolute Gasteiger partial charge is 0.257 e. The molecule has 0 spiro atoms. The van der Waals surface area contributed by atoms with Crippen molar-refractivity contribution >= 4 is 5.91 Å². The number of benzene rings is 1. The number of likely N-dealkylation sites (tertiary alicyclic amines) is 1. The summed E-state index contributed by atoms with van der Waals surface area (Å²) < 4.78 is 0. The Hall–Kier alpha value is -1.55. The quantitative estimate of drug-likeness (QED) is 0.709. The first-order chi connectivity index (χ1) is 7.18. The number of rotatable bonds is 1. The number of phenols is 1. The Bertz CT molecular complexity index is 378. The Balaban J connectivity index is 2.18. The van der Waals surface area contributed by atoms with Gasteiger partial charge in [-0.15, -0.1) is 0 Å². The van der Waals surface area contributed by atoms with Crippen LogP contribution >= 0.6 is 0 Å². The summed E-state index contributed by atoms with van der Waals surface area (Å²) in [5.41, 5.74) is 0.298. The molecule has 1 atom stereocenters. The van der Waals surface area contributed by atoms with Gasteiger partial charge >= 0.3 is 0 Å². The van der Waals surface area contributed by atoms with Gasteiger partial charge in [-0.2, -0.15) is 0 Å². The lowest BCUT2D eigenvalue weighted by molar-refractivity contribution is 0.0762. The summed E-state index contributed by atoms with van der Waals surface area (Å²) in [6, 6.07) is 6.45. The van der Waals surface area contributed by atoms with Gasteiger partial charge in [0, 0.05) is 13.1 Å². The zero-order chi connectivity index (χ0) is 10.8. The molecule has 0 aliphatic carbocycles. The van der Waals surface area contributed by atoms with Crippen LogP contribution < -0.4 is 0 Å². The number of hydrogen-bond donors (Lipinski definition) is 2. The lowest BCUT2D eigenvalue weighted by atomic mass is 10.2. The first-order valence-electron chi connectivity index (χ1n) is 4.94. The average molecular weight is 207 g/mol. The number of aromatic hydroxyl groups is 1. The molecule has 0 saturated carbocycles. The molecule has 0 unspecified atom stereocenters. The van der Waals surface area contributed by atoms with E-state index in [4.69, 9.17) is 0 Å². The van der Waals surface area contributed by atoms with E-state index in [0.29, 0.717) is 25.1 Å². The number of amides is 1. The predicted molar refractivity (Wildman–Crippen MR) is 54.6 cm³/mol. The lowest BCUT2D eigenvalue weighted by Gasteiger charge is -2.15. The molecule has 1 aromatic rings. The summed E-state index contributed by atoms with van der Waals surface area (Å²) >= 11 is 0. The third-order valence-corrected chi connectivity index (χ3v) is 2.59. The fraction of sp³-hybridized carbons (Fsp3) is 0.364. The van der Waals surface area contributed by atoms with Gasteiger partial charge in [-0.05, 0) is 18.6 Å². The molecule has 80 valence electrons. The minimum Gasteiger partial charge on any atom is -0.507 e. The molecule has 1 aliphatic rings. The van der Waals surface area contributed by atoms with Crippen LogP contribution in [0.5, 0.6) is 5.75 Å². The molecule has 1 saturated heterocycles. The molecule has 15 heavy (non-hydrogen) atoms. The van der Waals surface area contributed by atoms with Gasteiger partial charge in [-0.1, -0.05) is 12.1 Å². The third-order valence-electron chi connectivity index (χ3n) is 2.59. The highest BCUT2D eigenvalue weighted by Crippen LogP contribution is 2.20. The third kappa shape index (κ3) is 1.94. The molecule has 1 heterocycles. The summed E-state index contributed by atoms with van der Waals surface area (Å²) in [6.45, 7) is 0.904. The van der Waals surface area contributed by atoms with Crippen LogP contribution in [0, 0.1) is 0 Å². The summed E-state index contributed by atoms with van der Waals surface area (Å²) in [5, 5.41) is 18.8. The van der Waals surface area contributed by atoms with Crippen LogP contribution in [0.3, 0.4) is 0 Å². The standard InChI is InChI=1S/C11H13NO3/c13-8-5-6-12(7-8)11(15)9-3-1-2-4-10(9)14/h1-4,8,13-14H,5-7H2/t8-/m0/s1. The van der Waals surface area contributed by atoms with E-state index in [2.05, 4.69) is 0 Å². The molecule has 1 aliphatic heterocycles. The van der Waals surface area contributed by atoms with Crippen LogP contribution in [0.2, 0.25) is 0 Å². The van der Waals surface area contributed by atoms with Gasteiger partial charge in [-0.3, -0.25) is 4.79 Å². The van der Waals surface area contributed by atoms with Crippen LogP contribution in [-0.2, 0) is 0 Å². The summed E-state index contributed by atoms with van der Waals surface area (Å²) in [6.07, 6.45) is 0.180. The van der Waals surface area contributed by atoms with Crippen LogP contribution in [0.4, 0.5) is 0 Å². The largest absolute Gasteiger partial charge is 0.507 e. The second-order valence-corrected chi connectivity index (χ2v) is 3.71. The highest BCUT2D eigenvalue weighted by molar-refractivity contribution is 5.96. The highest BCUT2D eigenvalue weighted by atomic mass is 16.3. The van der Waals surface area contributed by atoms with Crippen molar-refractivity contribution in [2.45, 2.75) is 12.5 Å². The van der Waals surface area contributed by atoms with Gasteiger partial charge in [0.25, 0.3) is 5.91 Å². The molecule has 2 rings (SSSR count).